The second-order valence-electron chi connectivity index (χ2n) is 5.06. The molecule has 5 nitrogen and oxygen atoms in total. The predicted molar refractivity (Wildman–Crippen MR) is 82.5 cm³/mol. The largest absolute Gasteiger partial charge is 0.384 e. The highest BCUT2D eigenvalue weighted by Crippen LogP contribution is 2.26. The third-order valence-electron chi connectivity index (χ3n) is 3.56. The van der Waals surface area contributed by atoms with Crippen molar-refractivity contribution < 1.29 is 9.53 Å². The number of halogens is 1. The van der Waals surface area contributed by atoms with Gasteiger partial charge in [0.05, 0.1) is 29.3 Å². The number of aromatic nitrogens is 1. The Bertz CT molecular complexity index is 458. The second kappa shape index (κ2) is 7.36. The van der Waals surface area contributed by atoms with Crippen molar-refractivity contribution >= 4 is 29.7 Å². The van der Waals surface area contributed by atoms with Crippen LogP contribution in [0, 0.1) is 19.3 Å². The lowest BCUT2D eigenvalue weighted by Gasteiger charge is -2.25. The van der Waals surface area contributed by atoms with Gasteiger partial charge in [-0.3, -0.25) is 4.79 Å². The van der Waals surface area contributed by atoms with Gasteiger partial charge in [0.15, 0.2) is 0 Å². The standard InChI is InChI=1S/C13H21N3O2S.ClH/c1-9-11(19-10(2)16-9)6-15-12(17)13(8-18-3)4-5-14-7-13;/h14H,4-8H2,1-3H3,(H,15,17);1H. The van der Waals surface area contributed by atoms with Gasteiger partial charge in [-0.15, -0.1) is 23.7 Å². The van der Waals surface area contributed by atoms with E-state index < -0.39 is 5.41 Å². The summed E-state index contributed by atoms with van der Waals surface area (Å²) in [5, 5.41) is 7.31. The van der Waals surface area contributed by atoms with Crippen molar-refractivity contribution in [3.63, 3.8) is 0 Å². The van der Waals surface area contributed by atoms with Crippen LogP contribution < -0.4 is 10.6 Å². The number of carbonyl (C=O) groups is 1. The minimum atomic E-state index is -0.414. The molecule has 20 heavy (non-hydrogen) atoms. The molecule has 1 aromatic rings. The molecule has 1 saturated heterocycles. The molecule has 1 aliphatic rings. The molecule has 0 aliphatic carbocycles. The third-order valence-corrected chi connectivity index (χ3v) is 4.63. The molecule has 1 aliphatic heterocycles. The molecule has 2 heterocycles. The number of ether oxygens (including phenoxy) is 1. The first-order valence-electron chi connectivity index (χ1n) is 6.48. The highest BCUT2D eigenvalue weighted by atomic mass is 35.5. The zero-order valence-corrected chi connectivity index (χ0v) is 13.7. The molecule has 2 N–H and O–H groups in total. The van der Waals surface area contributed by atoms with E-state index in [0.29, 0.717) is 19.7 Å². The molecule has 0 spiro atoms. The van der Waals surface area contributed by atoms with Gasteiger partial charge in [-0.25, -0.2) is 4.98 Å². The highest BCUT2D eigenvalue weighted by Gasteiger charge is 2.41. The van der Waals surface area contributed by atoms with Gasteiger partial charge >= 0.3 is 0 Å². The van der Waals surface area contributed by atoms with Crippen LogP contribution in [0.5, 0.6) is 0 Å². The lowest BCUT2D eigenvalue weighted by atomic mass is 9.87. The fraction of sp³-hybridized carbons (Fsp3) is 0.692. The lowest BCUT2D eigenvalue weighted by molar-refractivity contribution is -0.133. The normalized spacial score (nSPS) is 21.6. The molecule has 0 aromatic carbocycles. The van der Waals surface area contributed by atoms with Crippen molar-refractivity contribution in [1.82, 2.24) is 15.6 Å². The Morgan fingerprint density at radius 1 is 1.55 bits per heavy atom. The average molecular weight is 320 g/mol. The molecule has 1 unspecified atom stereocenters. The summed E-state index contributed by atoms with van der Waals surface area (Å²) in [5.74, 6) is 0.0739. The van der Waals surface area contributed by atoms with Gasteiger partial charge in [0, 0.05) is 18.5 Å². The number of methoxy groups -OCH3 is 1. The molecule has 0 saturated carbocycles. The van der Waals surface area contributed by atoms with Gasteiger partial charge < -0.3 is 15.4 Å². The predicted octanol–water partition coefficient (Wildman–Crippen LogP) is 1.42. The van der Waals surface area contributed by atoms with Gasteiger partial charge in [-0.1, -0.05) is 0 Å². The molecular weight excluding hydrogens is 298 g/mol. The molecule has 2 rings (SSSR count). The number of aryl methyl sites for hydroxylation is 2. The van der Waals surface area contributed by atoms with E-state index in [0.717, 1.165) is 28.5 Å². The molecule has 1 atom stereocenters. The van der Waals surface area contributed by atoms with E-state index in [9.17, 15) is 4.79 Å². The lowest BCUT2D eigenvalue weighted by Crippen LogP contribution is -2.45. The van der Waals surface area contributed by atoms with Crippen molar-refractivity contribution in [3.8, 4) is 0 Å². The van der Waals surface area contributed by atoms with E-state index >= 15 is 0 Å². The van der Waals surface area contributed by atoms with Crippen LogP contribution in [0.15, 0.2) is 0 Å². The van der Waals surface area contributed by atoms with Gasteiger partial charge in [-0.05, 0) is 26.8 Å². The maximum atomic E-state index is 12.4. The maximum Gasteiger partial charge on any atom is 0.230 e. The van der Waals surface area contributed by atoms with E-state index in [4.69, 9.17) is 4.74 Å². The SMILES string of the molecule is COCC1(C(=O)NCc2sc(C)nc2C)CCNC1.Cl. The van der Waals surface area contributed by atoms with Crippen molar-refractivity contribution in [1.29, 1.82) is 0 Å². The maximum absolute atomic E-state index is 12.4. The first-order valence-corrected chi connectivity index (χ1v) is 7.30. The Kier molecular flexibility index (Phi) is 6.39. The van der Waals surface area contributed by atoms with Crippen LogP contribution in [-0.2, 0) is 16.1 Å². The second-order valence-corrected chi connectivity index (χ2v) is 6.35. The van der Waals surface area contributed by atoms with Crippen LogP contribution in [0.2, 0.25) is 0 Å². The van der Waals surface area contributed by atoms with Gasteiger partial charge in [0.2, 0.25) is 5.91 Å². The molecule has 1 aromatic heterocycles. The molecule has 1 fully saturated rings. The molecule has 114 valence electrons. The summed E-state index contributed by atoms with van der Waals surface area (Å²) in [6.07, 6.45) is 0.827. The van der Waals surface area contributed by atoms with Gasteiger partial charge in [-0.2, -0.15) is 0 Å². The van der Waals surface area contributed by atoms with Crippen molar-refractivity contribution in [2.24, 2.45) is 5.41 Å². The van der Waals surface area contributed by atoms with Crippen LogP contribution in [0.25, 0.3) is 0 Å². The fourth-order valence-corrected chi connectivity index (χ4v) is 3.36. The van der Waals surface area contributed by atoms with E-state index in [1.165, 1.54) is 0 Å². The Labute approximate surface area is 129 Å². The number of amides is 1. The summed E-state index contributed by atoms with van der Waals surface area (Å²) >= 11 is 1.64. The molecule has 0 bridgehead atoms. The van der Waals surface area contributed by atoms with Crippen LogP contribution in [0.1, 0.15) is 22.0 Å². The Balaban J connectivity index is 0.00000200. The Morgan fingerprint density at radius 3 is 2.80 bits per heavy atom. The smallest absolute Gasteiger partial charge is 0.230 e. The van der Waals surface area contributed by atoms with E-state index in [2.05, 4.69) is 15.6 Å². The number of nitrogens with zero attached hydrogens (tertiary/aromatic N) is 1. The zero-order valence-electron chi connectivity index (χ0n) is 12.1. The minimum absolute atomic E-state index is 0. The van der Waals surface area contributed by atoms with Crippen molar-refractivity contribution in [3.05, 3.63) is 15.6 Å². The quantitative estimate of drug-likeness (QED) is 0.861. The van der Waals surface area contributed by atoms with E-state index in [1.807, 2.05) is 13.8 Å². The number of hydrogen-bond acceptors (Lipinski definition) is 5. The topological polar surface area (TPSA) is 63.2 Å². The third kappa shape index (κ3) is 3.69. The summed E-state index contributed by atoms with van der Waals surface area (Å²) < 4.78 is 5.22. The highest BCUT2D eigenvalue weighted by molar-refractivity contribution is 7.11. The minimum Gasteiger partial charge on any atom is -0.384 e. The van der Waals surface area contributed by atoms with Crippen LogP contribution in [-0.4, -0.2) is 37.7 Å². The molecular formula is C13H22ClN3O2S. The number of hydrogen-bond donors (Lipinski definition) is 2. The van der Waals surface area contributed by atoms with Gasteiger partial charge in [0.1, 0.15) is 0 Å². The zero-order chi connectivity index (χ0) is 13.9. The fourth-order valence-electron chi connectivity index (χ4n) is 2.49. The summed E-state index contributed by atoms with van der Waals surface area (Å²) in [4.78, 5) is 17.9. The van der Waals surface area contributed by atoms with Crippen molar-refractivity contribution in [2.45, 2.75) is 26.8 Å². The number of rotatable bonds is 5. The average Bonchev–Trinajstić information content (AvgIpc) is 2.95. The monoisotopic (exact) mass is 319 g/mol. The first kappa shape index (κ1) is 17.4. The van der Waals surface area contributed by atoms with Gasteiger partial charge in [0.25, 0.3) is 0 Å². The summed E-state index contributed by atoms with van der Waals surface area (Å²) in [6.45, 7) is 6.54. The van der Waals surface area contributed by atoms with Crippen LogP contribution in [0.3, 0.4) is 0 Å². The van der Waals surface area contributed by atoms with Crippen molar-refractivity contribution in [2.75, 3.05) is 26.8 Å². The van der Waals surface area contributed by atoms with E-state index in [1.54, 1.807) is 18.4 Å². The van der Waals surface area contributed by atoms with E-state index in [-0.39, 0.29) is 18.3 Å². The Hall–Kier alpha value is -0.690. The Morgan fingerprint density at radius 2 is 2.30 bits per heavy atom. The number of nitrogens with one attached hydrogen (secondary N) is 2. The number of carbonyl (C=O) groups excluding carboxylic acids is 1. The summed E-state index contributed by atoms with van der Waals surface area (Å²) in [6, 6.07) is 0. The van der Waals surface area contributed by atoms with Crippen LogP contribution >= 0.6 is 23.7 Å². The molecule has 0 radical (unpaired) electrons. The first-order chi connectivity index (χ1) is 9.07. The molecule has 1 amide bonds. The number of thiazole rings is 1. The molecule has 7 heteroatoms. The summed E-state index contributed by atoms with van der Waals surface area (Å²) in [7, 11) is 1.64. The summed E-state index contributed by atoms with van der Waals surface area (Å²) in [5.41, 5.74) is 0.593. The van der Waals surface area contributed by atoms with Crippen LogP contribution in [0.4, 0.5) is 0 Å².